The molecular formula is C18H22N2O2. The second-order valence-corrected chi connectivity index (χ2v) is 5.41. The zero-order valence-electron chi connectivity index (χ0n) is 12.9. The Morgan fingerprint density at radius 2 is 1.73 bits per heavy atom. The molecule has 0 saturated carbocycles. The highest BCUT2D eigenvalue weighted by molar-refractivity contribution is 5.69. The molecule has 2 aromatic rings. The number of rotatable bonds is 8. The van der Waals surface area contributed by atoms with E-state index in [1.165, 1.54) is 37.3 Å². The molecule has 116 valence electrons. The first kappa shape index (κ1) is 16.0. The number of hydrogen-bond acceptors (Lipinski definition) is 3. The van der Waals surface area contributed by atoms with E-state index in [1.807, 2.05) is 12.1 Å². The zero-order valence-corrected chi connectivity index (χ0v) is 12.9. The summed E-state index contributed by atoms with van der Waals surface area (Å²) in [6.45, 7) is 2.21. The van der Waals surface area contributed by atoms with Gasteiger partial charge < -0.3 is 5.32 Å². The average Bonchev–Trinajstić information content (AvgIpc) is 2.53. The number of para-hydroxylation sites is 2. The molecule has 0 aromatic heterocycles. The van der Waals surface area contributed by atoms with Gasteiger partial charge in [-0.15, -0.1) is 0 Å². The average molecular weight is 298 g/mol. The van der Waals surface area contributed by atoms with Crippen molar-refractivity contribution in [2.45, 2.75) is 39.0 Å². The summed E-state index contributed by atoms with van der Waals surface area (Å²) in [6.07, 6.45) is 6.11. The van der Waals surface area contributed by atoms with E-state index in [9.17, 15) is 10.1 Å². The molecular weight excluding hydrogens is 276 g/mol. The minimum Gasteiger partial charge on any atom is -0.350 e. The van der Waals surface area contributed by atoms with E-state index in [-0.39, 0.29) is 10.6 Å². The van der Waals surface area contributed by atoms with E-state index in [4.69, 9.17) is 0 Å². The number of anilines is 2. The van der Waals surface area contributed by atoms with Gasteiger partial charge in [0.2, 0.25) is 0 Å². The molecule has 2 aromatic carbocycles. The van der Waals surface area contributed by atoms with E-state index >= 15 is 0 Å². The van der Waals surface area contributed by atoms with Crippen molar-refractivity contribution in [3.8, 4) is 0 Å². The SMILES string of the molecule is CCCCCCc1ccc(Nc2ccccc2[N+](=O)[O-])cc1. The van der Waals surface area contributed by atoms with Gasteiger partial charge in [-0.2, -0.15) is 0 Å². The van der Waals surface area contributed by atoms with Crippen molar-refractivity contribution in [1.82, 2.24) is 0 Å². The van der Waals surface area contributed by atoms with Crippen LogP contribution in [0.2, 0.25) is 0 Å². The molecule has 4 heteroatoms. The third-order valence-corrected chi connectivity index (χ3v) is 3.65. The number of unbranched alkanes of at least 4 members (excludes halogenated alkanes) is 3. The standard InChI is InChI=1S/C18H22N2O2/c1-2-3-4-5-8-15-11-13-16(14-12-15)19-17-9-6-7-10-18(17)20(21)22/h6-7,9-14,19H,2-5,8H2,1H3. The lowest BCUT2D eigenvalue weighted by Gasteiger charge is -2.08. The van der Waals surface area contributed by atoms with Crippen LogP contribution in [0.1, 0.15) is 38.2 Å². The fourth-order valence-electron chi connectivity index (χ4n) is 2.40. The smallest absolute Gasteiger partial charge is 0.292 e. The molecule has 0 saturated heterocycles. The van der Waals surface area contributed by atoms with Gasteiger partial charge in [-0.25, -0.2) is 0 Å². The van der Waals surface area contributed by atoms with Crippen molar-refractivity contribution in [2.24, 2.45) is 0 Å². The maximum absolute atomic E-state index is 11.0. The summed E-state index contributed by atoms with van der Waals surface area (Å²) in [5.74, 6) is 0. The largest absolute Gasteiger partial charge is 0.350 e. The van der Waals surface area contributed by atoms with Gasteiger partial charge in [0.15, 0.2) is 0 Å². The van der Waals surface area contributed by atoms with Crippen molar-refractivity contribution in [2.75, 3.05) is 5.32 Å². The van der Waals surface area contributed by atoms with Crippen LogP contribution in [0.3, 0.4) is 0 Å². The Balaban J connectivity index is 1.98. The number of aryl methyl sites for hydroxylation is 1. The number of nitro benzene ring substituents is 1. The van der Waals surface area contributed by atoms with Crippen LogP contribution in [0.4, 0.5) is 17.1 Å². The van der Waals surface area contributed by atoms with Crippen LogP contribution in [0.25, 0.3) is 0 Å². The van der Waals surface area contributed by atoms with Crippen LogP contribution in [0.15, 0.2) is 48.5 Å². The van der Waals surface area contributed by atoms with Gasteiger partial charge in [0.05, 0.1) is 4.92 Å². The Morgan fingerprint density at radius 1 is 1.00 bits per heavy atom. The molecule has 0 heterocycles. The van der Waals surface area contributed by atoms with E-state index in [2.05, 4.69) is 24.4 Å². The molecule has 0 spiro atoms. The molecule has 0 aliphatic heterocycles. The predicted octanol–water partition coefficient (Wildman–Crippen LogP) is 5.46. The number of nitrogens with one attached hydrogen (secondary N) is 1. The summed E-state index contributed by atoms with van der Waals surface area (Å²) < 4.78 is 0. The van der Waals surface area contributed by atoms with Gasteiger partial charge in [-0.1, -0.05) is 50.5 Å². The first-order valence-electron chi connectivity index (χ1n) is 7.80. The Labute approximate surface area is 131 Å². The third kappa shape index (κ3) is 4.58. The molecule has 0 bridgehead atoms. The number of hydrogen-bond donors (Lipinski definition) is 1. The number of nitrogens with zero attached hydrogens (tertiary/aromatic N) is 1. The minimum absolute atomic E-state index is 0.0890. The summed E-state index contributed by atoms with van der Waals surface area (Å²) in [5, 5.41) is 14.1. The Morgan fingerprint density at radius 3 is 2.41 bits per heavy atom. The van der Waals surface area contributed by atoms with Gasteiger partial charge in [0, 0.05) is 11.8 Å². The van der Waals surface area contributed by atoms with Crippen LogP contribution in [-0.4, -0.2) is 4.92 Å². The maximum atomic E-state index is 11.0. The van der Waals surface area contributed by atoms with Crippen LogP contribution >= 0.6 is 0 Å². The summed E-state index contributed by atoms with van der Waals surface area (Å²) in [5.41, 5.74) is 2.78. The predicted molar refractivity (Wildman–Crippen MR) is 90.7 cm³/mol. The number of benzene rings is 2. The van der Waals surface area contributed by atoms with Crippen molar-refractivity contribution in [1.29, 1.82) is 0 Å². The molecule has 0 unspecified atom stereocenters. The molecule has 0 aliphatic rings. The van der Waals surface area contributed by atoms with Crippen LogP contribution in [0.5, 0.6) is 0 Å². The summed E-state index contributed by atoms with van der Waals surface area (Å²) in [7, 11) is 0. The Kier molecular flexibility index (Phi) is 5.95. The highest BCUT2D eigenvalue weighted by atomic mass is 16.6. The van der Waals surface area contributed by atoms with Gasteiger partial charge >= 0.3 is 0 Å². The number of nitro groups is 1. The zero-order chi connectivity index (χ0) is 15.8. The van der Waals surface area contributed by atoms with Crippen molar-refractivity contribution < 1.29 is 4.92 Å². The molecule has 0 amide bonds. The lowest BCUT2D eigenvalue weighted by Crippen LogP contribution is -1.96. The van der Waals surface area contributed by atoms with Crippen molar-refractivity contribution in [3.63, 3.8) is 0 Å². The molecule has 22 heavy (non-hydrogen) atoms. The van der Waals surface area contributed by atoms with Crippen LogP contribution in [0, 0.1) is 10.1 Å². The summed E-state index contributed by atoms with van der Waals surface area (Å²) >= 11 is 0. The van der Waals surface area contributed by atoms with Crippen LogP contribution < -0.4 is 5.32 Å². The molecule has 0 radical (unpaired) electrons. The van der Waals surface area contributed by atoms with Crippen molar-refractivity contribution >= 4 is 17.1 Å². The molecule has 1 N–H and O–H groups in total. The van der Waals surface area contributed by atoms with Gasteiger partial charge in [0.25, 0.3) is 5.69 Å². The first-order chi connectivity index (χ1) is 10.7. The highest BCUT2D eigenvalue weighted by Crippen LogP contribution is 2.27. The molecule has 0 atom stereocenters. The lowest BCUT2D eigenvalue weighted by atomic mass is 10.1. The summed E-state index contributed by atoms with van der Waals surface area (Å²) in [6, 6.07) is 14.8. The maximum Gasteiger partial charge on any atom is 0.292 e. The molecule has 0 aliphatic carbocycles. The van der Waals surface area contributed by atoms with E-state index < -0.39 is 0 Å². The first-order valence-corrected chi connectivity index (χ1v) is 7.80. The second-order valence-electron chi connectivity index (χ2n) is 5.41. The van der Waals surface area contributed by atoms with Gasteiger partial charge in [-0.05, 0) is 36.6 Å². The highest BCUT2D eigenvalue weighted by Gasteiger charge is 2.11. The van der Waals surface area contributed by atoms with E-state index in [1.54, 1.807) is 18.2 Å². The van der Waals surface area contributed by atoms with Gasteiger partial charge in [0.1, 0.15) is 5.69 Å². The van der Waals surface area contributed by atoms with Crippen LogP contribution in [-0.2, 0) is 6.42 Å². The molecule has 4 nitrogen and oxygen atoms in total. The fourth-order valence-corrected chi connectivity index (χ4v) is 2.40. The molecule has 0 fully saturated rings. The minimum atomic E-state index is -0.371. The Hall–Kier alpha value is -2.36. The third-order valence-electron chi connectivity index (χ3n) is 3.65. The quantitative estimate of drug-likeness (QED) is 0.400. The fraction of sp³-hybridized carbons (Fsp3) is 0.333. The summed E-state index contributed by atoms with van der Waals surface area (Å²) in [4.78, 5) is 10.6. The van der Waals surface area contributed by atoms with Crippen molar-refractivity contribution in [3.05, 3.63) is 64.2 Å². The molecule has 2 rings (SSSR count). The van der Waals surface area contributed by atoms with Gasteiger partial charge in [-0.3, -0.25) is 10.1 Å². The Bertz CT molecular complexity index is 609. The monoisotopic (exact) mass is 298 g/mol. The normalized spacial score (nSPS) is 10.4. The van der Waals surface area contributed by atoms with E-state index in [0.29, 0.717) is 5.69 Å². The topological polar surface area (TPSA) is 55.2 Å². The lowest BCUT2D eigenvalue weighted by molar-refractivity contribution is -0.383. The van der Waals surface area contributed by atoms with E-state index in [0.717, 1.165) is 12.1 Å². The second kappa shape index (κ2) is 8.17.